The predicted octanol–water partition coefficient (Wildman–Crippen LogP) is 3.36. The largest absolute Gasteiger partial charge is 0.497 e. The fourth-order valence-electron chi connectivity index (χ4n) is 3.30. The summed E-state index contributed by atoms with van der Waals surface area (Å²) in [5, 5.41) is 7.74. The van der Waals surface area contributed by atoms with E-state index in [4.69, 9.17) is 4.74 Å². The van der Waals surface area contributed by atoms with Crippen molar-refractivity contribution in [3.05, 3.63) is 24.3 Å². The summed E-state index contributed by atoms with van der Waals surface area (Å²) in [6.07, 6.45) is 3.37. The number of thioether (sulfide) groups is 1. The maximum Gasteiger partial charge on any atom is 0.233 e. The van der Waals surface area contributed by atoms with Crippen LogP contribution in [0.3, 0.4) is 0 Å². The minimum atomic E-state index is 0.167. The molecule has 2 heterocycles. The predicted molar refractivity (Wildman–Crippen MR) is 98.7 cm³/mol. The van der Waals surface area contributed by atoms with Crippen molar-refractivity contribution in [3.63, 3.8) is 0 Å². The third kappa shape index (κ3) is 4.15. The lowest BCUT2D eigenvalue weighted by Crippen LogP contribution is -2.48. The number of hydrogen-bond acceptors (Lipinski definition) is 5. The molecule has 0 radical (unpaired) electrons. The van der Waals surface area contributed by atoms with Crippen LogP contribution in [0.5, 0.6) is 5.75 Å². The number of benzene rings is 1. The number of nitrogens with zero attached hydrogens (tertiary/aromatic N) is 3. The van der Waals surface area contributed by atoms with Crippen molar-refractivity contribution >= 4 is 17.7 Å². The molecule has 1 N–H and O–H groups in total. The summed E-state index contributed by atoms with van der Waals surface area (Å²) in [5.41, 5.74) is 0.935. The lowest BCUT2D eigenvalue weighted by molar-refractivity contribution is -0.134. The topological polar surface area (TPSA) is 71.1 Å². The number of likely N-dealkylation sites (tertiary alicyclic amines) is 1. The van der Waals surface area contributed by atoms with Crippen LogP contribution in [0.2, 0.25) is 0 Å². The first-order valence-electron chi connectivity index (χ1n) is 8.59. The first-order valence-corrected chi connectivity index (χ1v) is 9.58. The highest BCUT2D eigenvalue weighted by atomic mass is 32.2. The molecule has 0 aliphatic carbocycles. The second kappa shape index (κ2) is 7.91. The SMILES string of the molecule is COc1ccc(-c2nc(SCC(=O)N3[C@H](C)CCC[C@@H]3C)n[nH]2)cc1. The van der Waals surface area contributed by atoms with Gasteiger partial charge in [-0.3, -0.25) is 9.89 Å². The van der Waals surface area contributed by atoms with E-state index in [1.54, 1.807) is 7.11 Å². The van der Waals surface area contributed by atoms with E-state index in [-0.39, 0.29) is 5.91 Å². The van der Waals surface area contributed by atoms with E-state index in [1.165, 1.54) is 18.2 Å². The molecule has 1 aliphatic heterocycles. The molecule has 6 nitrogen and oxygen atoms in total. The quantitative estimate of drug-likeness (QED) is 0.828. The summed E-state index contributed by atoms with van der Waals surface area (Å²) in [6.45, 7) is 4.26. The van der Waals surface area contributed by atoms with Gasteiger partial charge in [-0.2, -0.15) is 0 Å². The average molecular weight is 360 g/mol. The van der Waals surface area contributed by atoms with Crippen molar-refractivity contribution in [1.29, 1.82) is 0 Å². The van der Waals surface area contributed by atoms with Gasteiger partial charge in [-0.15, -0.1) is 5.10 Å². The molecule has 2 atom stereocenters. The Balaban J connectivity index is 1.60. The van der Waals surface area contributed by atoms with Gasteiger partial charge in [0.15, 0.2) is 5.82 Å². The molecule has 1 amide bonds. The van der Waals surface area contributed by atoms with Gasteiger partial charge in [-0.25, -0.2) is 4.98 Å². The second-order valence-electron chi connectivity index (χ2n) is 6.41. The van der Waals surface area contributed by atoms with Crippen LogP contribution in [0, 0.1) is 0 Å². The van der Waals surface area contributed by atoms with Crippen molar-refractivity contribution in [2.24, 2.45) is 0 Å². The normalized spacial score (nSPS) is 20.5. The van der Waals surface area contributed by atoms with Crippen LogP contribution >= 0.6 is 11.8 Å². The Labute approximate surface area is 152 Å². The molecule has 7 heteroatoms. The van der Waals surface area contributed by atoms with Crippen LogP contribution in [0.1, 0.15) is 33.1 Å². The van der Waals surface area contributed by atoms with Gasteiger partial charge in [0, 0.05) is 17.6 Å². The van der Waals surface area contributed by atoms with Crippen LogP contribution < -0.4 is 4.74 Å². The fourth-order valence-corrected chi connectivity index (χ4v) is 3.97. The third-order valence-corrected chi connectivity index (χ3v) is 5.47. The van der Waals surface area contributed by atoms with Gasteiger partial charge in [-0.1, -0.05) is 11.8 Å². The molecular weight excluding hydrogens is 336 g/mol. The highest BCUT2D eigenvalue weighted by Gasteiger charge is 2.28. The molecule has 1 fully saturated rings. The van der Waals surface area contributed by atoms with Gasteiger partial charge >= 0.3 is 0 Å². The highest BCUT2D eigenvalue weighted by molar-refractivity contribution is 7.99. The Morgan fingerprint density at radius 3 is 2.60 bits per heavy atom. The van der Waals surface area contributed by atoms with Gasteiger partial charge < -0.3 is 9.64 Å². The van der Waals surface area contributed by atoms with Crippen molar-refractivity contribution < 1.29 is 9.53 Å². The molecule has 0 saturated carbocycles. The van der Waals surface area contributed by atoms with Gasteiger partial charge in [0.1, 0.15) is 5.75 Å². The summed E-state index contributed by atoms with van der Waals surface area (Å²) >= 11 is 1.38. The van der Waals surface area contributed by atoms with E-state index in [2.05, 4.69) is 29.0 Å². The number of amides is 1. The third-order valence-electron chi connectivity index (χ3n) is 4.63. The van der Waals surface area contributed by atoms with Crippen LogP contribution in [-0.4, -0.2) is 50.9 Å². The Kier molecular flexibility index (Phi) is 5.63. The second-order valence-corrected chi connectivity index (χ2v) is 7.36. The number of methoxy groups -OCH3 is 1. The number of H-pyrrole nitrogens is 1. The molecule has 0 bridgehead atoms. The Morgan fingerprint density at radius 1 is 1.28 bits per heavy atom. The minimum absolute atomic E-state index is 0.167. The summed E-state index contributed by atoms with van der Waals surface area (Å²) in [7, 11) is 1.64. The Bertz CT molecular complexity index is 706. The first-order chi connectivity index (χ1) is 12.1. The zero-order valence-corrected chi connectivity index (χ0v) is 15.7. The van der Waals surface area contributed by atoms with E-state index in [0.717, 1.165) is 24.2 Å². The van der Waals surface area contributed by atoms with Crippen LogP contribution in [0.4, 0.5) is 0 Å². The molecule has 1 saturated heterocycles. The van der Waals surface area contributed by atoms with E-state index in [9.17, 15) is 4.79 Å². The number of nitrogens with one attached hydrogen (secondary N) is 1. The number of aromatic nitrogens is 3. The molecule has 25 heavy (non-hydrogen) atoms. The first kappa shape index (κ1) is 17.8. The molecule has 1 aromatic heterocycles. The number of carbonyl (C=O) groups is 1. The van der Waals surface area contributed by atoms with E-state index >= 15 is 0 Å². The number of hydrogen-bond donors (Lipinski definition) is 1. The van der Waals surface area contributed by atoms with Crippen LogP contribution in [-0.2, 0) is 4.79 Å². The Hall–Kier alpha value is -2.02. The molecule has 0 unspecified atom stereocenters. The fraction of sp³-hybridized carbons (Fsp3) is 0.500. The van der Waals surface area contributed by atoms with Gasteiger partial charge in [0.2, 0.25) is 11.1 Å². The van der Waals surface area contributed by atoms with Gasteiger partial charge in [0.25, 0.3) is 0 Å². The maximum absolute atomic E-state index is 12.6. The van der Waals surface area contributed by atoms with Crippen molar-refractivity contribution in [2.75, 3.05) is 12.9 Å². The standard InChI is InChI=1S/C18H24N4O2S/c1-12-5-4-6-13(2)22(12)16(23)11-25-18-19-17(20-21-18)14-7-9-15(24-3)10-8-14/h7-10,12-13H,4-6,11H2,1-3H3,(H,19,20,21)/t12-,13+. The zero-order valence-electron chi connectivity index (χ0n) is 14.9. The van der Waals surface area contributed by atoms with Crippen molar-refractivity contribution in [3.8, 4) is 17.1 Å². The number of aromatic amines is 1. The van der Waals surface area contributed by atoms with Crippen LogP contribution in [0.25, 0.3) is 11.4 Å². The van der Waals surface area contributed by atoms with Crippen molar-refractivity contribution in [1.82, 2.24) is 20.1 Å². The van der Waals surface area contributed by atoms with Crippen LogP contribution in [0.15, 0.2) is 29.4 Å². The van der Waals surface area contributed by atoms with E-state index < -0.39 is 0 Å². The van der Waals surface area contributed by atoms with Gasteiger partial charge in [-0.05, 0) is 57.4 Å². The molecule has 2 aromatic rings. The average Bonchev–Trinajstić information content (AvgIpc) is 3.09. The maximum atomic E-state index is 12.6. The molecule has 1 aliphatic rings. The number of rotatable bonds is 5. The lowest BCUT2D eigenvalue weighted by Gasteiger charge is -2.39. The van der Waals surface area contributed by atoms with Gasteiger partial charge in [0.05, 0.1) is 12.9 Å². The van der Waals surface area contributed by atoms with Crippen molar-refractivity contribution in [2.45, 2.75) is 50.4 Å². The Morgan fingerprint density at radius 2 is 1.96 bits per heavy atom. The summed E-state index contributed by atoms with van der Waals surface area (Å²) in [4.78, 5) is 19.1. The monoisotopic (exact) mass is 360 g/mol. The molecule has 0 spiro atoms. The molecular formula is C18H24N4O2S. The smallest absolute Gasteiger partial charge is 0.233 e. The van der Waals surface area contributed by atoms with E-state index in [0.29, 0.717) is 28.8 Å². The van der Waals surface area contributed by atoms with E-state index in [1.807, 2.05) is 29.2 Å². The number of ether oxygens (including phenoxy) is 1. The summed E-state index contributed by atoms with van der Waals surface area (Å²) in [6, 6.07) is 8.25. The summed E-state index contributed by atoms with van der Waals surface area (Å²) < 4.78 is 5.16. The lowest BCUT2D eigenvalue weighted by atomic mass is 9.98. The zero-order chi connectivity index (χ0) is 17.8. The highest BCUT2D eigenvalue weighted by Crippen LogP contribution is 2.25. The number of piperidine rings is 1. The molecule has 134 valence electrons. The summed E-state index contributed by atoms with van der Waals surface area (Å²) in [5.74, 6) is 2.03. The molecule has 1 aromatic carbocycles. The molecule has 3 rings (SSSR count). The number of carbonyl (C=O) groups excluding carboxylic acids is 1. The minimum Gasteiger partial charge on any atom is -0.497 e.